The maximum atomic E-state index is 11.0. The number of rotatable bonds is 6. The molecule has 1 atom stereocenters. The lowest BCUT2D eigenvalue weighted by molar-refractivity contribution is -0.385. The SMILES string of the molecule is CCOc1cc(N[C@H](C)c2csc(C)n2)ccc1[N+](=O)[O-]. The lowest BCUT2D eigenvalue weighted by Gasteiger charge is -2.14. The molecule has 7 heteroatoms. The minimum Gasteiger partial charge on any atom is -0.487 e. The second-order valence-electron chi connectivity index (χ2n) is 4.53. The van der Waals surface area contributed by atoms with Gasteiger partial charge in [0.25, 0.3) is 0 Å². The quantitative estimate of drug-likeness (QED) is 0.646. The average molecular weight is 307 g/mol. The van der Waals surface area contributed by atoms with E-state index in [1.807, 2.05) is 19.2 Å². The summed E-state index contributed by atoms with van der Waals surface area (Å²) < 4.78 is 5.34. The number of anilines is 1. The molecular weight excluding hydrogens is 290 g/mol. The van der Waals surface area contributed by atoms with Crippen molar-refractivity contribution in [2.24, 2.45) is 0 Å². The van der Waals surface area contributed by atoms with Gasteiger partial charge in [0, 0.05) is 23.2 Å². The van der Waals surface area contributed by atoms with Crippen molar-refractivity contribution in [1.82, 2.24) is 4.98 Å². The molecule has 1 aromatic heterocycles. The third-order valence-corrected chi connectivity index (χ3v) is 3.71. The smallest absolute Gasteiger partial charge is 0.311 e. The molecule has 0 aliphatic carbocycles. The monoisotopic (exact) mass is 307 g/mol. The Morgan fingerprint density at radius 3 is 2.86 bits per heavy atom. The van der Waals surface area contributed by atoms with E-state index in [2.05, 4.69) is 10.3 Å². The molecule has 0 saturated carbocycles. The molecule has 112 valence electrons. The number of nitro benzene ring substituents is 1. The zero-order chi connectivity index (χ0) is 15.4. The molecule has 2 rings (SSSR count). The highest BCUT2D eigenvalue weighted by Crippen LogP contribution is 2.31. The van der Waals surface area contributed by atoms with Crippen molar-refractivity contribution in [3.63, 3.8) is 0 Å². The fourth-order valence-corrected chi connectivity index (χ4v) is 2.64. The van der Waals surface area contributed by atoms with Gasteiger partial charge in [-0.2, -0.15) is 0 Å². The van der Waals surface area contributed by atoms with Crippen LogP contribution in [0.3, 0.4) is 0 Å². The fourth-order valence-electron chi connectivity index (χ4n) is 1.93. The molecule has 0 aliphatic rings. The van der Waals surface area contributed by atoms with Gasteiger partial charge in [0.2, 0.25) is 0 Å². The van der Waals surface area contributed by atoms with Crippen molar-refractivity contribution in [1.29, 1.82) is 0 Å². The molecule has 0 aliphatic heterocycles. The van der Waals surface area contributed by atoms with E-state index in [4.69, 9.17) is 4.74 Å². The van der Waals surface area contributed by atoms with E-state index in [-0.39, 0.29) is 17.5 Å². The summed E-state index contributed by atoms with van der Waals surface area (Å²) in [5.74, 6) is 0.272. The first-order valence-corrected chi connectivity index (χ1v) is 7.49. The summed E-state index contributed by atoms with van der Waals surface area (Å²) >= 11 is 1.60. The Morgan fingerprint density at radius 2 is 2.29 bits per heavy atom. The number of nitrogens with one attached hydrogen (secondary N) is 1. The van der Waals surface area contributed by atoms with E-state index in [1.165, 1.54) is 6.07 Å². The summed E-state index contributed by atoms with van der Waals surface area (Å²) in [6.45, 7) is 6.13. The largest absolute Gasteiger partial charge is 0.487 e. The molecule has 0 saturated heterocycles. The van der Waals surface area contributed by atoms with E-state index in [0.717, 1.165) is 16.4 Å². The first-order valence-electron chi connectivity index (χ1n) is 6.61. The van der Waals surface area contributed by atoms with Crippen LogP contribution in [0.5, 0.6) is 5.75 Å². The number of aromatic nitrogens is 1. The van der Waals surface area contributed by atoms with Crippen molar-refractivity contribution in [2.45, 2.75) is 26.8 Å². The Kier molecular flexibility index (Phi) is 4.74. The second-order valence-corrected chi connectivity index (χ2v) is 5.59. The molecule has 2 aromatic rings. The van der Waals surface area contributed by atoms with E-state index >= 15 is 0 Å². The van der Waals surface area contributed by atoms with Gasteiger partial charge in [0.1, 0.15) is 0 Å². The molecule has 21 heavy (non-hydrogen) atoms. The van der Waals surface area contributed by atoms with Gasteiger partial charge in [-0.05, 0) is 26.8 Å². The molecular formula is C14H17N3O3S. The van der Waals surface area contributed by atoms with Crippen molar-refractivity contribution < 1.29 is 9.66 Å². The van der Waals surface area contributed by atoms with Crippen LogP contribution in [0.2, 0.25) is 0 Å². The minimum absolute atomic E-state index is 0.0193. The summed E-state index contributed by atoms with van der Waals surface area (Å²) in [7, 11) is 0. The van der Waals surface area contributed by atoms with Crippen molar-refractivity contribution >= 4 is 22.7 Å². The molecule has 0 unspecified atom stereocenters. The number of hydrogen-bond acceptors (Lipinski definition) is 6. The second kappa shape index (κ2) is 6.53. The van der Waals surface area contributed by atoms with Gasteiger partial charge in [-0.3, -0.25) is 10.1 Å². The standard InChI is InChI=1S/C14H17N3O3S/c1-4-20-14-7-11(5-6-13(14)17(18)19)15-9(2)12-8-21-10(3)16-12/h5-9,15H,4H2,1-3H3/t9-/m1/s1. The van der Waals surface area contributed by atoms with Crippen LogP contribution in [0.25, 0.3) is 0 Å². The van der Waals surface area contributed by atoms with Gasteiger partial charge >= 0.3 is 5.69 Å². The maximum Gasteiger partial charge on any atom is 0.311 e. The summed E-state index contributed by atoms with van der Waals surface area (Å²) in [5.41, 5.74) is 1.69. The summed E-state index contributed by atoms with van der Waals surface area (Å²) in [6, 6.07) is 4.80. The van der Waals surface area contributed by atoms with Gasteiger partial charge in [0.15, 0.2) is 5.75 Å². The Bertz CT molecular complexity index is 642. The van der Waals surface area contributed by atoms with Crippen molar-refractivity contribution in [3.05, 3.63) is 44.4 Å². The third-order valence-electron chi connectivity index (χ3n) is 2.92. The number of hydrogen-bond donors (Lipinski definition) is 1. The number of aryl methyl sites for hydroxylation is 1. The predicted molar refractivity (Wildman–Crippen MR) is 83.2 cm³/mol. The topological polar surface area (TPSA) is 77.3 Å². The van der Waals surface area contributed by atoms with E-state index in [1.54, 1.807) is 30.4 Å². The summed E-state index contributed by atoms with van der Waals surface area (Å²) in [4.78, 5) is 14.9. The number of benzene rings is 1. The highest BCUT2D eigenvalue weighted by atomic mass is 32.1. The lowest BCUT2D eigenvalue weighted by Crippen LogP contribution is -2.07. The van der Waals surface area contributed by atoms with Crippen LogP contribution in [-0.4, -0.2) is 16.5 Å². The fraction of sp³-hybridized carbons (Fsp3) is 0.357. The Morgan fingerprint density at radius 1 is 1.52 bits per heavy atom. The summed E-state index contributed by atoms with van der Waals surface area (Å²) in [5, 5.41) is 17.2. The van der Waals surface area contributed by atoms with Crippen LogP contribution in [0.15, 0.2) is 23.6 Å². The molecule has 0 spiro atoms. The molecule has 6 nitrogen and oxygen atoms in total. The van der Waals surface area contributed by atoms with Crippen molar-refractivity contribution in [2.75, 3.05) is 11.9 Å². The van der Waals surface area contributed by atoms with Gasteiger partial charge in [-0.15, -0.1) is 11.3 Å². The van der Waals surface area contributed by atoms with Crippen LogP contribution in [0.1, 0.15) is 30.6 Å². The van der Waals surface area contributed by atoms with Crippen LogP contribution in [0.4, 0.5) is 11.4 Å². The minimum atomic E-state index is -0.442. The molecule has 0 radical (unpaired) electrons. The van der Waals surface area contributed by atoms with Gasteiger partial charge in [-0.1, -0.05) is 0 Å². The van der Waals surface area contributed by atoms with E-state index < -0.39 is 4.92 Å². The first-order chi connectivity index (χ1) is 10.0. The summed E-state index contributed by atoms with van der Waals surface area (Å²) in [6.07, 6.45) is 0. The van der Waals surface area contributed by atoms with Crippen LogP contribution >= 0.6 is 11.3 Å². The van der Waals surface area contributed by atoms with Gasteiger partial charge < -0.3 is 10.1 Å². The van der Waals surface area contributed by atoms with Gasteiger partial charge in [-0.25, -0.2) is 4.98 Å². The molecule has 0 bridgehead atoms. The zero-order valence-electron chi connectivity index (χ0n) is 12.1. The average Bonchev–Trinajstić information content (AvgIpc) is 2.86. The molecule has 0 amide bonds. The predicted octanol–water partition coefficient (Wildman–Crippen LogP) is 3.93. The third kappa shape index (κ3) is 3.69. The number of nitrogens with zero attached hydrogens (tertiary/aromatic N) is 2. The van der Waals surface area contributed by atoms with E-state index in [9.17, 15) is 10.1 Å². The Hall–Kier alpha value is -2.15. The lowest BCUT2D eigenvalue weighted by atomic mass is 10.2. The number of thiazole rings is 1. The number of ether oxygens (including phenoxy) is 1. The zero-order valence-corrected chi connectivity index (χ0v) is 12.9. The Labute approximate surface area is 126 Å². The van der Waals surface area contributed by atoms with Crippen LogP contribution < -0.4 is 10.1 Å². The normalized spacial score (nSPS) is 12.0. The molecule has 1 heterocycles. The Balaban J connectivity index is 2.20. The van der Waals surface area contributed by atoms with Crippen LogP contribution in [-0.2, 0) is 0 Å². The highest BCUT2D eigenvalue weighted by molar-refractivity contribution is 7.09. The maximum absolute atomic E-state index is 11.0. The van der Waals surface area contributed by atoms with Gasteiger partial charge in [0.05, 0.1) is 28.3 Å². The number of nitro groups is 1. The first kappa shape index (κ1) is 15.2. The van der Waals surface area contributed by atoms with Crippen molar-refractivity contribution in [3.8, 4) is 5.75 Å². The van der Waals surface area contributed by atoms with Crippen LogP contribution in [0, 0.1) is 17.0 Å². The van der Waals surface area contributed by atoms with E-state index in [0.29, 0.717) is 6.61 Å². The molecule has 1 aromatic carbocycles. The highest BCUT2D eigenvalue weighted by Gasteiger charge is 2.16. The molecule has 1 N–H and O–H groups in total. The molecule has 0 fully saturated rings.